The lowest BCUT2D eigenvalue weighted by molar-refractivity contribution is -0.274. The predicted molar refractivity (Wildman–Crippen MR) is 107 cm³/mol. The van der Waals surface area contributed by atoms with Gasteiger partial charge in [0.2, 0.25) is 5.82 Å². The first kappa shape index (κ1) is 20.5. The summed E-state index contributed by atoms with van der Waals surface area (Å²) in [5.74, 6) is 0.0855. The topological polar surface area (TPSA) is 75.2 Å². The summed E-state index contributed by atoms with van der Waals surface area (Å²) in [6.45, 7) is 0.876. The number of nitrogens with zero attached hydrogens (tertiary/aromatic N) is 4. The van der Waals surface area contributed by atoms with Crippen molar-refractivity contribution in [3.63, 3.8) is 0 Å². The van der Waals surface area contributed by atoms with Crippen LogP contribution >= 0.6 is 11.6 Å². The van der Waals surface area contributed by atoms with Gasteiger partial charge in [0.25, 0.3) is 5.89 Å². The molecule has 32 heavy (non-hydrogen) atoms. The number of alkyl halides is 3. The van der Waals surface area contributed by atoms with E-state index in [1.54, 1.807) is 6.07 Å². The Morgan fingerprint density at radius 3 is 2.53 bits per heavy atom. The molecule has 7 nitrogen and oxygen atoms in total. The van der Waals surface area contributed by atoms with Gasteiger partial charge >= 0.3 is 6.36 Å². The van der Waals surface area contributed by atoms with E-state index < -0.39 is 6.36 Å². The SMILES string of the molecule is FC(F)(F)Oc1ccc(-c2noc(-c3cc4n(n3)C[C@@H](c3ccc(Cl)cc3)OC4)n2)cc1. The Morgan fingerprint density at radius 2 is 1.81 bits per heavy atom. The molecule has 0 radical (unpaired) electrons. The molecule has 2 aromatic heterocycles. The highest BCUT2D eigenvalue weighted by molar-refractivity contribution is 6.30. The Kier molecular flexibility index (Phi) is 5.10. The number of ether oxygens (including phenoxy) is 2. The van der Waals surface area contributed by atoms with E-state index >= 15 is 0 Å². The normalized spacial score (nSPS) is 16.1. The fraction of sp³-hybridized carbons (Fsp3) is 0.190. The number of rotatable bonds is 4. The lowest BCUT2D eigenvalue weighted by Crippen LogP contribution is -2.21. The van der Waals surface area contributed by atoms with Crippen molar-refractivity contribution in [3.8, 4) is 28.7 Å². The Morgan fingerprint density at radius 1 is 1.06 bits per heavy atom. The van der Waals surface area contributed by atoms with Crippen LogP contribution in [0.2, 0.25) is 5.02 Å². The molecule has 0 fully saturated rings. The van der Waals surface area contributed by atoms with Crippen LogP contribution in [0.5, 0.6) is 5.75 Å². The molecule has 1 aliphatic heterocycles. The number of hydrogen-bond acceptors (Lipinski definition) is 6. The van der Waals surface area contributed by atoms with Gasteiger partial charge in [-0.15, -0.1) is 13.2 Å². The highest BCUT2D eigenvalue weighted by atomic mass is 35.5. The van der Waals surface area contributed by atoms with Crippen LogP contribution in [0.25, 0.3) is 23.0 Å². The van der Waals surface area contributed by atoms with Crippen molar-refractivity contribution in [2.45, 2.75) is 25.6 Å². The number of aromatic nitrogens is 4. The highest BCUT2D eigenvalue weighted by Gasteiger charge is 2.31. The Balaban J connectivity index is 1.33. The predicted octanol–water partition coefficient (Wildman–Crippen LogP) is 5.42. The van der Waals surface area contributed by atoms with Crippen molar-refractivity contribution in [2.75, 3.05) is 0 Å². The smallest absolute Gasteiger partial charge is 0.406 e. The minimum absolute atomic E-state index is 0.164. The molecule has 0 aliphatic carbocycles. The van der Waals surface area contributed by atoms with Gasteiger partial charge in [0, 0.05) is 10.6 Å². The van der Waals surface area contributed by atoms with Crippen molar-refractivity contribution in [3.05, 3.63) is 70.9 Å². The maximum atomic E-state index is 12.3. The molecule has 0 N–H and O–H groups in total. The average Bonchev–Trinajstić information content (AvgIpc) is 3.40. The molecule has 11 heteroatoms. The van der Waals surface area contributed by atoms with E-state index in [-0.39, 0.29) is 23.6 Å². The van der Waals surface area contributed by atoms with Gasteiger partial charge in [-0.2, -0.15) is 10.1 Å². The van der Waals surface area contributed by atoms with Crippen LogP contribution < -0.4 is 4.74 Å². The minimum atomic E-state index is -4.75. The number of fused-ring (bicyclic) bond motifs is 1. The molecule has 2 aromatic carbocycles. The van der Waals surface area contributed by atoms with Gasteiger partial charge in [-0.3, -0.25) is 4.68 Å². The number of halogens is 4. The first-order valence-corrected chi connectivity index (χ1v) is 9.86. The van der Waals surface area contributed by atoms with E-state index in [0.29, 0.717) is 29.4 Å². The average molecular weight is 463 g/mol. The van der Waals surface area contributed by atoms with E-state index in [0.717, 1.165) is 11.3 Å². The van der Waals surface area contributed by atoms with Gasteiger partial charge in [-0.05, 0) is 48.0 Å². The fourth-order valence-electron chi connectivity index (χ4n) is 3.36. The third-order valence-electron chi connectivity index (χ3n) is 4.87. The number of hydrogen-bond donors (Lipinski definition) is 0. The number of benzene rings is 2. The molecule has 3 heterocycles. The van der Waals surface area contributed by atoms with Crippen molar-refractivity contribution in [1.29, 1.82) is 0 Å². The van der Waals surface area contributed by atoms with Gasteiger partial charge in [0.15, 0.2) is 5.69 Å². The second kappa shape index (κ2) is 7.95. The van der Waals surface area contributed by atoms with Crippen molar-refractivity contribution in [2.24, 2.45) is 0 Å². The van der Waals surface area contributed by atoms with Gasteiger partial charge in [0.05, 0.1) is 18.8 Å². The molecule has 4 aromatic rings. The molecule has 5 rings (SSSR count). The van der Waals surface area contributed by atoms with Crippen LogP contribution in [0.4, 0.5) is 13.2 Å². The molecule has 0 saturated carbocycles. The fourth-order valence-corrected chi connectivity index (χ4v) is 3.49. The van der Waals surface area contributed by atoms with E-state index in [1.165, 1.54) is 24.3 Å². The molecule has 1 aliphatic rings. The Bertz CT molecular complexity index is 1240. The van der Waals surface area contributed by atoms with E-state index in [9.17, 15) is 13.2 Å². The highest BCUT2D eigenvalue weighted by Crippen LogP contribution is 2.30. The molecule has 1 atom stereocenters. The zero-order valence-corrected chi connectivity index (χ0v) is 17.0. The van der Waals surface area contributed by atoms with E-state index in [2.05, 4.69) is 20.0 Å². The van der Waals surface area contributed by atoms with E-state index in [4.69, 9.17) is 20.9 Å². The van der Waals surface area contributed by atoms with Gasteiger partial charge in [-0.1, -0.05) is 28.9 Å². The summed E-state index contributed by atoms with van der Waals surface area (Å²) in [6.07, 6.45) is -4.92. The molecule has 0 unspecified atom stereocenters. The first-order chi connectivity index (χ1) is 15.3. The summed E-state index contributed by atoms with van der Waals surface area (Å²) in [5.41, 5.74) is 2.81. The maximum absolute atomic E-state index is 12.3. The molecule has 0 amide bonds. The molecular formula is C21H14ClF3N4O3. The summed E-state index contributed by atoms with van der Waals surface area (Å²) in [7, 11) is 0. The Labute approximate surface area is 184 Å². The lowest BCUT2D eigenvalue weighted by Gasteiger charge is -2.24. The van der Waals surface area contributed by atoms with Gasteiger partial charge in [-0.25, -0.2) is 0 Å². The summed E-state index contributed by atoms with van der Waals surface area (Å²) in [6, 6.07) is 14.4. The molecule has 0 saturated heterocycles. The molecule has 164 valence electrons. The van der Waals surface area contributed by atoms with Gasteiger partial charge < -0.3 is 14.0 Å². The lowest BCUT2D eigenvalue weighted by atomic mass is 10.1. The van der Waals surface area contributed by atoms with Crippen molar-refractivity contribution < 1.29 is 27.2 Å². The zero-order valence-electron chi connectivity index (χ0n) is 16.2. The van der Waals surface area contributed by atoms with Crippen LogP contribution in [0, 0.1) is 0 Å². The zero-order chi connectivity index (χ0) is 22.3. The standard InChI is InChI=1S/C21H14ClF3N4O3/c22-14-5-1-12(2-6-14)18-10-29-15(11-30-18)9-17(27-29)20-26-19(28-32-20)13-3-7-16(8-4-13)31-21(23,24)25/h1-9,18H,10-11H2/t18-/m0/s1. The van der Waals surface area contributed by atoms with Crippen molar-refractivity contribution in [1.82, 2.24) is 19.9 Å². The van der Waals surface area contributed by atoms with E-state index in [1.807, 2.05) is 28.9 Å². The summed E-state index contributed by atoms with van der Waals surface area (Å²) >= 11 is 5.95. The van der Waals surface area contributed by atoms with Crippen LogP contribution in [0.1, 0.15) is 17.4 Å². The largest absolute Gasteiger partial charge is 0.573 e. The Hall–Kier alpha value is -3.37. The van der Waals surface area contributed by atoms with Crippen LogP contribution in [-0.4, -0.2) is 26.3 Å². The third-order valence-corrected chi connectivity index (χ3v) is 5.12. The van der Waals surface area contributed by atoms with Crippen LogP contribution in [0.15, 0.2) is 59.1 Å². The summed E-state index contributed by atoms with van der Waals surface area (Å²) < 4.78 is 53.9. The summed E-state index contributed by atoms with van der Waals surface area (Å²) in [4.78, 5) is 4.31. The van der Waals surface area contributed by atoms with Gasteiger partial charge in [0.1, 0.15) is 11.9 Å². The van der Waals surface area contributed by atoms with Crippen molar-refractivity contribution >= 4 is 11.6 Å². The monoisotopic (exact) mass is 462 g/mol. The quantitative estimate of drug-likeness (QED) is 0.403. The maximum Gasteiger partial charge on any atom is 0.573 e. The summed E-state index contributed by atoms with van der Waals surface area (Å²) in [5, 5.41) is 9.10. The third kappa shape index (κ3) is 4.32. The van der Waals surface area contributed by atoms with Crippen LogP contribution in [-0.2, 0) is 17.9 Å². The first-order valence-electron chi connectivity index (χ1n) is 9.48. The molecule has 0 spiro atoms. The second-order valence-electron chi connectivity index (χ2n) is 7.05. The molecule has 0 bridgehead atoms. The molecular weight excluding hydrogens is 449 g/mol. The minimum Gasteiger partial charge on any atom is -0.406 e. The second-order valence-corrected chi connectivity index (χ2v) is 7.49. The van der Waals surface area contributed by atoms with Crippen LogP contribution in [0.3, 0.4) is 0 Å².